The van der Waals surface area contributed by atoms with Crippen molar-refractivity contribution in [3.63, 3.8) is 0 Å². The van der Waals surface area contributed by atoms with E-state index in [1.807, 2.05) is 23.1 Å². The van der Waals surface area contributed by atoms with E-state index in [1.54, 1.807) is 0 Å². The molecule has 6 heteroatoms. The summed E-state index contributed by atoms with van der Waals surface area (Å²) < 4.78 is 0. The first-order valence-electron chi connectivity index (χ1n) is 12.9. The molecule has 3 fully saturated rings. The number of nitrogens with zero attached hydrogens (tertiary/aromatic N) is 4. The quantitative estimate of drug-likeness (QED) is 0.717. The van der Waals surface area contributed by atoms with Crippen LogP contribution in [0.1, 0.15) is 85.4 Å². The maximum absolute atomic E-state index is 13.4. The second-order valence-electron chi connectivity index (χ2n) is 9.97. The minimum absolute atomic E-state index is 0.114. The van der Waals surface area contributed by atoms with Crippen LogP contribution in [0.5, 0.6) is 0 Å². The number of hydrogen-bond acceptors (Lipinski definition) is 4. The first-order valence-corrected chi connectivity index (χ1v) is 12.9. The molecule has 1 saturated carbocycles. The summed E-state index contributed by atoms with van der Waals surface area (Å²) in [7, 11) is 0. The van der Waals surface area contributed by atoms with Crippen molar-refractivity contribution in [2.75, 3.05) is 44.2 Å². The summed E-state index contributed by atoms with van der Waals surface area (Å²) in [6, 6.07) is 6.48. The van der Waals surface area contributed by atoms with Crippen molar-refractivity contribution in [1.29, 1.82) is 0 Å². The fraction of sp³-hybridized carbons (Fsp3) is 0.692. The van der Waals surface area contributed by atoms with E-state index in [1.165, 1.54) is 38.5 Å². The molecule has 1 aliphatic carbocycles. The Hall–Kier alpha value is -2.08. The zero-order chi connectivity index (χ0) is 22.1. The van der Waals surface area contributed by atoms with Crippen molar-refractivity contribution in [2.45, 2.75) is 76.9 Å². The lowest BCUT2D eigenvalue weighted by Crippen LogP contribution is -2.55. The number of benzene rings is 1. The predicted octanol–water partition coefficient (Wildman–Crippen LogP) is 3.96. The highest BCUT2D eigenvalue weighted by atomic mass is 16.2. The molecule has 0 spiro atoms. The van der Waals surface area contributed by atoms with Crippen molar-refractivity contribution >= 4 is 17.5 Å². The fourth-order valence-electron chi connectivity index (χ4n) is 6.35. The minimum atomic E-state index is 0.114. The summed E-state index contributed by atoms with van der Waals surface area (Å²) in [6.07, 6.45) is 11.3. The first-order chi connectivity index (χ1) is 15.7. The van der Waals surface area contributed by atoms with Gasteiger partial charge in [-0.3, -0.25) is 14.5 Å². The van der Waals surface area contributed by atoms with Gasteiger partial charge in [0, 0.05) is 50.9 Å². The van der Waals surface area contributed by atoms with Crippen LogP contribution in [0.3, 0.4) is 0 Å². The zero-order valence-corrected chi connectivity index (χ0v) is 19.6. The molecule has 0 unspecified atom stereocenters. The Bertz CT molecular complexity index is 842. The van der Waals surface area contributed by atoms with Crippen LogP contribution in [0, 0.1) is 0 Å². The van der Waals surface area contributed by atoms with Gasteiger partial charge >= 0.3 is 0 Å². The van der Waals surface area contributed by atoms with Gasteiger partial charge in [-0.2, -0.15) is 0 Å². The van der Waals surface area contributed by atoms with Crippen LogP contribution in [-0.2, 0) is 0 Å². The number of anilines is 1. The van der Waals surface area contributed by atoms with Crippen LogP contribution in [0.2, 0.25) is 0 Å². The molecule has 3 heterocycles. The standard InChI is InChI=1S/C26H38N4O2/c1-2-29-23-19-20(12-13-22(23)26(32)30-14-8-4-7-11-24(29)30)25(31)28-17-15-27(16-18-28)21-9-5-3-6-10-21/h12-13,19,21,24H,2-11,14-18H2,1H3/t24-/m1/s1. The SMILES string of the molecule is CCN1c2cc(C(=O)N3CCN(C4CCCCC4)CC3)ccc2C(=O)N2CCCCC[C@@H]21. The maximum Gasteiger partial charge on any atom is 0.257 e. The molecule has 5 rings (SSSR count). The zero-order valence-electron chi connectivity index (χ0n) is 19.6. The summed E-state index contributed by atoms with van der Waals surface area (Å²) in [5, 5.41) is 0. The molecule has 2 saturated heterocycles. The van der Waals surface area contributed by atoms with Gasteiger partial charge in [0.1, 0.15) is 6.17 Å². The van der Waals surface area contributed by atoms with Gasteiger partial charge in [-0.05, 0) is 57.2 Å². The summed E-state index contributed by atoms with van der Waals surface area (Å²) in [6.45, 7) is 7.42. The fourth-order valence-corrected chi connectivity index (χ4v) is 6.35. The van der Waals surface area contributed by atoms with Gasteiger partial charge in [0.05, 0.1) is 11.3 Å². The van der Waals surface area contributed by atoms with E-state index in [9.17, 15) is 9.59 Å². The monoisotopic (exact) mass is 438 g/mol. The first kappa shape index (κ1) is 21.7. The number of piperazine rings is 1. The highest BCUT2D eigenvalue weighted by Gasteiger charge is 2.38. The Kier molecular flexibility index (Phi) is 6.40. The molecule has 32 heavy (non-hydrogen) atoms. The van der Waals surface area contributed by atoms with E-state index in [2.05, 4.69) is 21.6 Å². The molecule has 0 N–H and O–H groups in total. The van der Waals surface area contributed by atoms with Gasteiger partial charge in [-0.25, -0.2) is 0 Å². The smallest absolute Gasteiger partial charge is 0.257 e. The van der Waals surface area contributed by atoms with E-state index in [0.717, 1.165) is 81.4 Å². The summed E-state index contributed by atoms with van der Waals surface area (Å²) >= 11 is 0. The third-order valence-electron chi connectivity index (χ3n) is 8.16. The van der Waals surface area contributed by atoms with Crippen LogP contribution in [0.15, 0.2) is 18.2 Å². The molecule has 0 bridgehead atoms. The summed E-state index contributed by atoms with van der Waals surface area (Å²) in [5.74, 6) is 0.250. The number of carbonyl (C=O) groups is 2. The Balaban J connectivity index is 1.32. The lowest BCUT2D eigenvalue weighted by molar-refractivity contribution is 0.0522. The van der Waals surface area contributed by atoms with Crippen molar-refractivity contribution < 1.29 is 9.59 Å². The maximum atomic E-state index is 13.4. The molecule has 0 aromatic heterocycles. The van der Waals surface area contributed by atoms with Crippen molar-refractivity contribution in [3.8, 4) is 0 Å². The second kappa shape index (κ2) is 9.42. The lowest BCUT2D eigenvalue weighted by atomic mass is 9.94. The van der Waals surface area contributed by atoms with Crippen LogP contribution >= 0.6 is 0 Å². The largest absolute Gasteiger partial charge is 0.351 e. The van der Waals surface area contributed by atoms with Crippen LogP contribution in [0.25, 0.3) is 0 Å². The Morgan fingerprint density at radius 2 is 1.62 bits per heavy atom. The molecular weight excluding hydrogens is 400 g/mol. The normalized spacial score (nSPS) is 25.3. The van der Waals surface area contributed by atoms with Gasteiger partial charge in [-0.1, -0.05) is 25.7 Å². The van der Waals surface area contributed by atoms with Gasteiger partial charge in [0.25, 0.3) is 11.8 Å². The van der Waals surface area contributed by atoms with E-state index in [0.29, 0.717) is 0 Å². The highest BCUT2D eigenvalue weighted by molar-refractivity contribution is 6.04. The van der Waals surface area contributed by atoms with Gasteiger partial charge in [0.2, 0.25) is 0 Å². The molecule has 6 nitrogen and oxygen atoms in total. The van der Waals surface area contributed by atoms with Crippen molar-refractivity contribution in [3.05, 3.63) is 29.3 Å². The molecule has 1 aromatic carbocycles. The van der Waals surface area contributed by atoms with Crippen molar-refractivity contribution in [1.82, 2.24) is 14.7 Å². The van der Waals surface area contributed by atoms with Crippen LogP contribution in [-0.4, -0.2) is 78.0 Å². The molecule has 0 radical (unpaired) electrons. The van der Waals surface area contributed by atoms with E-state index >= 15 is 0 Å². The molecule has 2 amide bonds. The summed E-state index contributed by atoms with van der Waals surface area (Å²) in [4.78, 5) is 35.6. The number of fused-ring (bicyclic) bond motifs is 2. The van der Waals surface area contributed by atoms with E-state index in [-0.39, 0.29) is 18.0 Å². The third-order valence-corrected chi connectivity index (χ3v) is 8.16. The van der Waals surface area contributed by atoms with Crippen molar-refractivity contribution in [2.24, 2.45) is 0 Å². The van der Waals surface area contributed by atoms with Gasteiger partial charge < -0.3 is 14.7 Å². The minimum Gasteiger partial charge on any atom is -0.351 e. The Morgan fingerprint density at radius 1 is 0.906 bits per heavy atom. The molecule has 3 aliphatic heterocycles. The van der Waals surface area contributed by atoms with Gasteiger partial charge in [-0.15, -0.1) is 0 Å². The van der Waals surface area contributed by atoms with E-state index in [4.69, 9.17) is 0 Å². The average Bonchev–Trinajstić information content (AvgIpc) is 3.11. The average molecular weight is 439 g/mol. The number of amides is 2. The van der Waals surface area contributed by atoms with Gasteiger partial charge in [0.15, 0.2) is 0 Å². The summed E-state index contributed by atoms with van der Waals surface area (Å²) in [5.41, 5.74) is 2.43. The Labute approximate surface area is 192 Å². The lowest BCUT2D eigenvalue weighted by Gasteiger charge is -2.45. The second-order valence-corrected chi connectivity index (χ2v) is 9.97. The predicted molar refractivity (Wildman–Crippen MR) is 127 cm³/mol. The number of hydrogen-bond donors (Lipinski definition) is 0. The molecular formula is C26H38N4O2. The number of rotatable bonds is 3. The topological polar surface area (TPSA) is 47.1 Å². The van der Waals surface area contributed by atoms with Crippen LogP contribution < -0.4 is 4.90 Å². The third kappa shape index (κ3) is 4.02. The van der Waals surface area contributed by atoms with Crippen LogP contribution in [0.4, 0.5) is 5.69 Å². The van der Waals surface area contributed by atoms with E-state index < -0.39 is 0 Å². The molecule has 4 aliphatic rings. The molecule has 1 aromatic rings. The highest BCUT2D eigenvalue weighted by Crippen LogP contribution is 2.35. The Morgan fingerprint density at radius 3 is 2.38 bits per heavy atom. The molecule has 1 atom stereocenters. The molecule has 174 valence electrons. The number of carbonyl (C=O) groups excluding carboxylic acids is 2.